The molecule has 0 heterocycles. The highest BCUT2D eigenvalue weighted by Gasteiger charge is 2.44. The maximum Gasteiger partial charge on any atom is 0.333 e. The fourth-order valence-electron chi connectivity index (χ4n) is 3.33. The van der Waals surface area contributed by atoms with Gasteiger partial charge in [0.1, 0.15) is 23.2 Å². The van der Waals surface area contributed by atoms with E-state index in [0.29, 0.717) is 5.57 Å². The largest absolute Gasteiger partial charge is 1.00 e. The zero-order valence-electron chi connectivity index (χ0n) is 16.1. The quantitative estimate of drug-likeness (QED) is 0.316. The fourth-order valence-corrected chi connectivity index (χ4v) is 7.45. The molecule has 0 spiro atoms. The van der Waals surface area contributed by atoms with Gasteiger partial charge in [0.2, 0.25) is 0 Å². The Morgan fingerprint density at radius 1 is 0.786 bits per heavy atom. The van der Waals surface area contributed by atoms with Gasteiger partial charge in [-0.1, -0.05) is 54.6 Å². The molecule has 4 heteroatoms. The minimum Gasteiger partial charge on any atom is -1.00 e. The molecular weight excluding hydrogens is 431 g/mol. The maximum atomic E-state index is 12.0. The Kier molecular flexibility index (Phi) is 8.17. The number of allylic oxidation sites excluding steroid dienone is 1. The van der Waals surface area contributed by atoms with E-state index in [2.05, 4.69) is 72.8 Å². The van der Waals surface area contributed by atoms with E-state index in [-0.39, 0.29) is 23.0 Å². The normalized spacial score (nSPS) is 11.4. The first-order chi connectivity index (χ1) is 13.2. The Morgan fingerprint density at radius 2 is 1.14 bits per heavy atom. The molecule has 0 aliphatic rings. The number of carbonyl (C=O) groups is 1. The van der Waals surface area contributed by atoms with Gasteiger partial charge >= 0.3 is 5.97 Å². The Labute approximate surface area is 178 Å². The number of rotatable bonds is 6. The molecule has 0 N–H and O–H groups in total. The summed E-state index contributed by atoms with van der Waals surface area (Å²) in [6.45, 7) is 1.82. The van der Waals surface area contributed by atoms with Gasteiger partial charge in [-0.15, -0.1) is 0 Å². The number of carbonyl (C=O) groups excluding carboxylic acids is 1. The molecule has 0 unspecified atom stereocenters. The van der Waals surface area contributed by atoms with Crippen LogP contribution in [0.3, 0.4) is 0 Å². The van der Waals surface area contributed by atoms with Crippen molar-refractivity contribution in [2.75, 3.05) is 13.3 Å². The van der Waals surface area contributed by atoms with Crippen molar-refractivity contribution >= 4 is 29.1 Å². The zero-order chi connectivity index (χ0) is 19.1. The molecule has 28 heavy (non-hydrogen) atoms. The van der Waals surface area contributed by atoms with Crippen molar-refractivity contribution in [3.05, 3.63) is 103 Å². The molecule has 0 amide bonds. The Hall–Kier alpha value is -2.22. The van der Waals surface area contributed by atoms with Gasteiger partial charge < -0.3 is 21.7 Å². The molecule has 0 aromatic heterocycles. The van der Waals surface area contributed by atoms with Crippen LogP contribution < -0.4 is 32.9 Å². The third-order valence-corrected chi connectivity index (χ3v) is 9.04. The highest BCUT2D eigenvalue weighted by molar-refractivity contribution is 7.95. The highest BCUT2D eigenvalue weighted by Crippen LogP contribution is 2.55. The molecular formula is C24H24BrO2P. The molecule has 144 valence electrons. The first-order valence-electron chi connectivity index (χ1n) is 8.98. The van der Waals surface area contributed by atoms with Crippen LogP contribution in [0.4, 0.5) is 0 Å². The zero-order valence-corrected chi connectivity index (χ0v) is 18.6. The predicted octanol–water partition coefficient (Wildman–Crippen LogP) is 1.10. The summed E-state index contributed by atoms with van der Waals surface area (Å²) in [5.41, 5.74) is 0.643. The van der Waals surface area contributed by atoms with E-state index in [1.165, 1.54) is 23.0 Å². The first-order valence-corrected chi connectivity index (χ1v) is 11.0. The summed E-state index contributed by atoms with van der Waals surface area (Å²) < 4.78 is 4.90. The summed E-state index contributed by atoms with van der Waals surface area (Å²) in [5, 5.41) is 3.91. The molecule has 0 radical (unpaired) electrons. The molecule has 2 nitrogen and oxygen atoms in total. The van der Waals surface area contributed by atoms with Crippen molar-refractivity contribution in [2.24, 2.45) is 0 Å². The van der Waals surface area contributed by atoms with Crippen LogP contribution in [0.5, 0.6) is 0 Å². The van der Waals surface area contributed by atoms with Crippen molar-refractivity contribution < 1.29 is 26.5 Å². The van der Waals surface area contributed by atoms with E-state index in [1.807, 2.05) is 31.2 Å². The SMILES string of the molecule is COC(=O)/C(C)=C/C[P+](c1ccccc1)(c1ccccc1)c1ccccc1.[Br-]. The minimum atomic E-state index is -1.94. The lowest BCUT2D eigenvalue weighted by molar-refractivity contribution is -0.136. The van der Waals surface area contributed by atoms with Crippen LogP contribution >= 0.6 is 7.26 Å². The average molecular weight is 455 g/mol. The second kappa shape index (κ2) is 10.4. The number of hydrogen-bond acceptors (Lipinski definition) is 2. The summed E-state index contributed by atoms with van der Waals surface area (Å²) in [5.74, 6) is -0.276. The Balaban J connectivity index is 0.00000280. The van der Waals surface area contributed by atoms with E-state index < -0.39 is 7.26 Å². The van der Waals surface area contributed by atoms with Crippen LogP contribution in [0, 0.1) is 0 Å². The van der Waals surface area contributed by atoms with Gasteiger partial charge in [-0.05, 0) is 49.4 Å². The van der Waals surface area contributed by atoms with Crippen molar-refractivity contribution in [3.63, 3.8) is 0 Å². The summed E-state index contributed by atoms with van der Waals surface area (Å²) in [7, 11) is -0.517. The van der Waals surface area contributed by atoms with E-state index in [4.69, 9.17) is 4.74 Å². The number of esters is 1. The lowest BCUT2D eigenvalue weighted by Crippen LogP contribution is -3.00. The molecule has 3 aromatic rings. The molecule has 0 aliphatic heterocycles. The summed E-state index contributed by atoms with van der Waals surface area (Å²) >= 11 is 0. The maximum absolute atomic E-state index is 12.0. The number of benzene rings is 3. The second-order valence-corrected chi connectivity index (χ2v) is 9.91. The van der Waals surface area contributed by atoms with Crippen LogP contribution in [0.25, 0.3) is 0 Å². The topological polar surface area (TPSA) is 26.3 Å². The predicted molar refractivity (Wildman–Crippen MR) is 116 cm³/mol. The third kappa shape index (κ3) is 4.60. The number of methoxy groups -OCH3 is 1. The average Bonchev–Trinajstić information content (AvgIpc) is 2.75. The van der Waals surface area contributed by atoms with Crippen LogP contribution in [-0.4, -0.2) is 19.2 Å². The second-order valence-electron chi connectivity index (χ2n) is 6.38. The van der Waals surface area contributed by atoms with Gasteiger partial charge in [-0.2, -0.15) is 0 Å². The summed E-state index contributed by atoms with van der Waals surface area (Å²) in [6, 6.07) is 31.9. The van der Waals surface area contributed by atoms with E-state index >= 15 is 0 Å². The van der Waals surface area contributed by atoms with Gasteiger partial charge in [0.25, 0.3) is 0 Å². The smallest absolute Gasteiger partial charge is 0.333 e. The van der Waals surface area contributed by atoms with Crippen LogP contribution in [0.2, 0.25) is 0 Å². The van der Waals surface area contributed by atoms with Crippen LogP contribution in [0.1, 0.15) is 6.92 Å². The summed E-state index contributed by atoms with van der Waals surface area (Å²) in [4.78, 5) is 12.0. The molecule has 0 atom stereocenters. The van der Waals surface area contributed by atoms with Crippen molar-refractivity contribution in [2.45, 2.75) is 6.92 Å². The lowest BCUT2D eigenvalue weighted by Gasteiger charge is -2.26. The highest BCUT2D eigenvalue weighted by atomic mass is 79.9. The van der Waals surface area contributed by atoms with E-state index in [9.17, 15) is 4.79 Å². The van der Waals surface area contributed by atoms with Crippen LogP contribution in [-0.2, 0) is 9.53 Å². The first kappa shape index (κ1) is 22.1. The van der Waals surface area contributed by atoms with Crippen LogP contribution in [0.15, 0.2) is 103 Å². The number of hydrogen-bond donors (Lipinski definition) is 0. The fraction of sp³-hybridized carbons (Fsp3) is 0.125. The van der Waals surface area contributed by atoms with Crippen molar-refractivity contribution in [3.8, 4) is 0 Å². The number of ether oxygens (including phenoxy) is 1. The number of halogens is 1. The Bertz CT molecular complexity index is 812. The molecule has 0 saturated carbocycles. The van der Waals surface area contributed by atoms with Crippen molar-refractivity contribution in [1.82, 2.24) is 0 Å². The van der Waals surface area contributed by atoms with E-state index in [0.717, 1.165) is 6.16 Å². The van der Waals surface area contributed by atoms with Gasteiger partial charge in [-0.25, -0.2) is 4.79 Å². The summed E-state index contributed by atoms with van der Waals surface area (Å²) in [6.07, 6.45) is 2.80. The lowest BCUT2D eigenvalue weighted by atomic mass is 10.3. The molecule has 3 rings (SSSR count). The monoisotopic (exact) mass is 454 g/mol. The molecule has 0 aliphatic carbocycles. The van der Waals surface area contributed by atoms with Gasteiger partial charge in [0, 0.05) is 5.57 Å². The standard InChI is InChI=1S/C24H24O2P.BrH/c1-20(24(25)26-2)18-19-27(21-12-6-3-7-13-21,22-14-8-4-9-15-22)23-16-10-5-11-17-23;/h3-18H,19H2,1-2H3;1H/q+1;/p-1/b20-18+;. The van der Waals surface area contributed by atoms with Crippen molar-refractivity contribution in [1.29, 1.82) is 0 Å². The van der Waals surface area contributed by atoms with E-state index in [1.54, 1.807) is 0 Å². The molecule has 0 fully saturated rings. The van der Waals surface area contributed by atoms with Gasteiger partial charge in [-0.3, -0.25) is 0 Å². The van der Waals surface area contributed by atoms with Gasteiger partial charge in [0.15, 0.2) is 0 Å². The third-order valence-electron chi connectivity index (χ3n) is 4.77. The molecule has 3 aromatic carbocycles. The van der Waals surface area contributed by atoms with Gasteiger partial charge in [0.05, 0.1) is 13.3 Å². The molecule has 0 saturated heterocycles. The minimum absolute atomic E-state index is 0. The molecule has 0 bridgehead atoms. The Morgan fingerprint density at radius 3 is 1.46 bits per heavy atom.